The Balaban J connectivity index is 2.01. The van der Waals surface area contributed by atoms with Crippen LogP contribution in [0, 0.1) is 0 Å². The Labute approximate surface area is 119 Å². The summed E-state index contributed by atoms with van der Waals surface area (Å²) in [5, 5.41) is 8.63. The maximum Gasteiger partial charge on any atom is 0.0660 e. The van der Waals surface area contributed by atoms with E-state index in [1.807, 2.05) is 29.1 Å². The van der Waals surface area contributed by atoms with Gasteiger partial charge in [-0.3, -0.25) is 4.68 Å². The van der Waals surface area contributed by atoms with Crippen molar-refractivity contribution in [1.29, 1.82) is 0 Å². The van der Waals surface area contributed by atoms with E-state index in [0.29, 0.717) is 6.04 Å². The van der Waals surface area contributed by atoms with Crippen LogP contribution in [0.15, 0.2) is 36.7 Å². The lowest BCUT2D eigenvalue weighted by atomic mass is 10.2. The van der Waals surface area contributed by atoms with Gasteiger partial charge in [0.25, 0.3) is 0 Å². The van der Waals surface area contributed by atoms with E-state index < -0.39 is 0 Å². The average Bonchev–Trinajstić information content (AvgIpc) is 2.84. The van der Waals surface area contributed by atoms with Crippen molar-refractivity contribution in [2.45, 2.75) is 32.9 Å². The molecule has 4 heteroatoms. The average molecular weight is 278 g/mol. The van der Waals surface area contributed by atoms with Gasteiger partial charge in [-0.2, -0.15) is 5.10 Å². The van der Waals surface area contributed by atoms with Gasteiger partial charge in [0.15, 0.2) is 0 Å². The van der Waals surface area contributed by atoms with Gasteiger partial charge in [-0.15, -0.1) is 0 Å². The normalized spacial score (nSPS) is 12.6. The van der Waals surface area contributed by atoms with Crippen LogP contribution >= 0.6 is 11.6 Å². The number of hydrogen-bond donors (Lipinski definition) is 1. The highest BCUT2D eigenvalue weighted by Crippen LogP contribution is 2.14. The molecule has 1 N–H and O–H groups in total. The van der Waals surface area contributed by atoms with E-state index in [0.717, 1.165) is 30.1 Å². The van der Waals surface area contributed by atoms with Crippen molar-refractivity contribution in [1.82, 2.24) is 15.1 Å². The van der Waals surface area contributed by atoms with Crippen LogP contribution in [0.4, 0.5) is 0 Å². The Bertz CT molecular complexity index is 522. The van der Waals surface area contributed by atoms with Crippen LogP contribution in [0.5, 0.6) is 0 Å². The molecule has 0 aliphatic rings. The highest BCUT2D eigenvalue weighted by Gasteiger charge is 2.07. The molecule has 2 aromatic rings. The Hall–Kier alpha value is -1.32. The third-order valence-corrected chi connectivity index (χ3v) is 3.32. The van der Waals surface area contributed by atoms with E-state index in [1.54, 1.807) is 0 Å². The zero-order valence-electron chi connectivity index (χ0n) is 11.4. The molecule has 0 amide bonds. The second-order valence-electron chi connectivity index (χ2n) is 4.78. The SMILES string of the molecule is CCCNC(C)c1cnn(Cc2cccc(Cl)c2)c1. The Morgan fingerprint density at radius 3 is 3.00 bits per heavy atom. The van der Waals surface area contributed by atoms with Crippen LogP contribution in [-0.2, 0) is 6.54 Å². The monoisotopic (exact) mass is 277 g/mol. The topological polar surface area (TPSA) is 29.9 Å². The summed E-state index contributed by atoms with van der Waals surface area (Å²) >= 11 is 5.98. The van der Waals surface area contributed by atoms with Crippen LogP contribution in [0.1, 0.15) is 37.4 Å². The van der Waals surface area contributed by atoms with Gasteiger partial charge in [0.05, 0.1) is 12.7 Å². The van der Waals surface area contributed by atoms with Crippen molar-refractivity contribution in [2.24, 2.45) is 0 Å². The fourth-order valence-electron chi connectivity index (χ4n) is 1.99. The molecular formula is C15H20ClN3. The molecule has 0 aliphatic heterocycles. The van der Waals surface area contributed by atoms with Crippen molar-refractivity contribution >= 4 is 11.6 Å². The smallest absolute Gasteiger partial charge is 0.0660 e. The summed E-state index contributed by atoms with van der Waals surface area (Å²) < 4.78 is 1.95. The van der Waals surface area contributed by atoms with Crippen molar-refractivity contribution in [3.05, 3.63) is 52.8 Å². The molecular weight excluding hydrogens is 258 g/mol. The Kier molecular flexibility index (Phi) is 5.00. The zero-order valence-corrected chi connectivity index (χ0v) is 12.2. The largest absolute Gasteiger partial charge is 0.310 e. The molecule has 0 spiro atoms. The lowest BCUT2D eigenvalue weighted by Gasteiger charge is -2.10. The van der Waals surface area contributed by atoms with Gasteiger partial charge in [0, 0.05) is 22.8 Å². The minimum Gasteiger partial charge on any atom is -0.310 e. The maximum absolute atomic E-state index is 5.98. The predicted octanol–water partition coefficient (Wildman–Crippen LogP) is 3.65. The molecule has 0 saturated heterocycles. The summed E-state index contributed by atoms with van der Waals surface area (Å²) in [6.07, 6.45) is 5.16. The van der Waals surface area contributed by atoms with Gasteiger partial charge in [0.2, 0.25) is 0 Å². The third kappa shape index (κ3) is 4.08. The van der Waals surface area contributed by atoms with Crippen molar-refractivity contribution < 1.29 is 0 Å². The van der Waals surface area contributed by atoms with E-state index in [2.05, 4.69) is 36.5 Å². The summed E-state index contributed by atoms with van der Waals surface area (Å²) in [5.74, 6) is 0. The summed E-state index contributed by atoms with van der Waals surface area (Å²) in [4.78, 5) is 0. The van der Waals surface area contributed by atoms with E-state index in [9.17, 15) is 0 Å². The molecule has 3 nitrogen and oxygen atoms in total. The fourth-order valence-corrected chi connectivity index (χ4v) is 2.20. The van der Waals surface area contributed by atoms with Crippen LogP contribution < -0.4 is 5.32 Å². The first-order valence-corrected chi connectivity index (χ1v) is 7.07. The standard InChI is InChI=1S/C15H20ClN3/c1-3-7-17-12(2)14-9-18-19(11-14)10-13-5-4-6-15(16)8-13/h4-6,8-9,11-12,17H,3,7,10H2,1-2H3. The second kappa shape index (κ2) is 6.73. The quantitative estimate of drug-likeness (QED) is 0.874. The predicted molar refractivity (Wildman–Crippen MR) is 79.5 cm³/mol. The molecule has 2 rings (SSSR count). The van der Waals surface area contributed by atoms with E-state index >= 15 is 0 Å². The molecule has 0 aliphatic carbocycles. The van der Waals surface area contributed by atoms with Crippen molar-refractivity contribution in [3.8, 4) is 0 Å². The molecule has 19 heavy (non-hydrogen) atoms. The lowest BCUT2D eigenvalue weighted by Crippen LogP contribution is -2.18. The molecule has 1 heterocycles. The third-order valence-electron chi connectivity index (χ3n) is 3.09. The Morgan fingerprint density at radius 1 is 1.42 bits per heavy atom. The number of nitrogens with one attached hydrogen (secondary N) is 1. The van der Waals surface area contributed by atoms with Crippen molar-refractivity contribution in [3.63, 3.8) is 0 Å². The number of rotatable bonds is 6. The molecule has 1 atom stereocenters. The van der Waals surface area contributed by atoms with Crippen LogP contribution in [0.3, 0.4) is 0 Å². The van der Waals surface area contributed by atoms with Crippen LogP contribution in [0.2, 0.25) is 5.02 Å². The van der Waals surface area contributed by atoms with E-state index in [1.165, 1.54) is 5.56 Å². The number of aromatic nitrogens is 2. The number of nitrogens with zero attached hydrogens (tertiary/aromatic N) is 2. The minimum atomic E-state index is 0.341. The van der Waals surface area contributed by atoms with E-state index in [4.69, 9.17) is 11.6 Å². The number of benzene rings is 1. The molecule has 0 saturated carbocycles. The summed E-state index contributed by atoms with van der Waals surface area (Å²) in [6.45, 7) is 6.11. The van der Waals surface area contributed by atoms with Gasteiger partial charge >= 0.3 is 0 Å². The lowest BCUT2D eigenvalue weighted by molar-refractivity contribution is 0.569. The van der Waals surface area contributed by atoms with Crippen molar-refractivity contribution in [2.75, 3.05) is 6.54 Å². The van der Waals surface area contributed by atoms with Gasteiger partial charge < -0.3 is 5.32 Å². The number of hydrogen-bond acceptors (Lipinski definition) is 2. The molecule has 1 unspecified atom stereocenters. The highest BCUT2D eigenvalue weighted by atomic mass is 35.5. The van der Waals surface area contributed by atoms with E-state index in [-0.39, 0.29) is 0 Å². The van der Waals surface area contributed by atoms with Gasteiger partial charge in [-0.25, -0.2) is 0 Å². The first-order valence-electron chi connectivity index (χ1n) is 6.69. The van der Waals surface area contributed by atoms with Crippen LogP contribution in [-0.4, -0.2) is 16.3 Å². The molecule has 0 radical (unpaired) electrons. The fraction of sp³-hybridized carbons (Fsp3) is 0.400. The maximum atomic E-state index is 5.98. The van der Waals surface area contributed by atoms with Gasteiger partial charge in [0.1, 0.15) is 0 Å². The summed E-state index contributed by atoms with van der Waals surface area (Å²) in [7, 11) is 0. The summed E-state index contributed by atoms with van der Waals surface area (Å²) in [6, 6.07) is 8.23. The molecule has 0 bridgehead atoms. The second-order valence-corrected chi connectivity index (χ2v) is 5.21. The van der Waals surface area contributed by atoms with Gasteiger partial charge in [-0.1, -0.05) is 30.7 Å². The number of halogens is 1. The molecule has 1 aromatic carbocycles. The molecule has 1 aromatic heterocycles. The highest BCUT2D eigenvalue weighted by molar-refractivity contribution is 6.30. The molecule has 102 valence electrons. The summed E-state index contributed by atoms with van der Waals surface area (Å²) in [5.41, 5.74) is 2.38. The van der Waals surface area contributed by atoms with Crippen LogP contribution in [0.25, 0.3) is 0 Å². The zero-order chi connectivity index (χ0) is 13.7. The minimum absolute atomic E-state index is 0.341. The van der Waals surface area contributed by atoms with Gasteiger partial charge in [-0.05, 0) is 37.6 Å². The first-order chi connectivity index (χ1) is 9.19. The molecule has 0 fully saturated rings. The Morgan fingerprint density at radius 2 is 2.26 bits per heavy atom. The first kappa shape index (κ1) is 14.1.